The van der Waals surface area contributed by atoms with Crippen molar-refractivity contribution in [1.82, 2.24) is 4.90 Å². The Labute approximate surface area is 159 Å². The molecule has 0 radical (unpaired) electrons. The number of nitrogens with zero attached hydrogens (tertiary/aromatic N) is 1. The Balaban J connectivity index is 2.54. The van der Waals surface area contributed by atoms with E-state index in [-0.39, 0.29) is 0 Å². The zero-order chi connectivity index (χ0) is 19.7. The summed E-state index contributed by atoms with van der Waals surface area (Å²) in [5.74, 6) is -1.76. The van der Waals surface area contributed by atoms with E-state index in [4.69, 9.17) is 15.2 Å². The maximum atomic E-state index is 12.9. The largest absolute Gasteiger partial charge is 0.413 e. The van der Waals surface area contributed by atoms with Crippen LogP contribution in [0.1, 0.15) is 37.8 Å². The molecular weight excluding hydrogens is 344 g/mol. The number of hydrogen-bond donors (Lipinski definition) is 1. The standard InChI is InChI=1S/C21H26N2O4/c1-3-15-23(16-4-2)20(25)27-21(26-19(22)24,17-11-7-5-8-12-17)18-13-9-6-10-14-18/h5-14H,3-4,15-16H2,1-2H3,(H2,22,24). The number of rotatable bonds is 8. The number of carbonyl (C=O) groups excluding carboxylic acids is 2. The minimum Gasteiger partial charge on any atom is -0.397 e. The fourth-order valence-electron chi connectivity index (χ4n) is 2.90. The molecule has 0 saturated carbocycles. The molecule has 0 saturated heterocycles. The Kier molecular flexibility index (Phi) is 7.23. The van der Waals surface area contributed by atoms with E-state index in [0.717, 1.165) is 12.8 Å². The van der Waals surface area contributed by atoms with Gasteiger partial charge in [-0.25, -0.2) is 9.59 Å². The molecule has 0 heterocycles. The van der Waals surface area contributed by atoms with E-state index in [1.54, 1.807) is 53.4 Å². The van der Waals surface area contributed by atoms with Gasteiger partial charge in [0, 0.05) is 24.2 Å². The van der Waals surface area contributed by atoms with E-state index in [1.165, 1.54) is 0 Å². The lowest BCUT2D eigenvalue weighted by Crippen LogP contribution is -2.44. The molecule has 0 spiro atoms. The summed E-state index contributed by atoms with van der Waals surface area (Å²) in [5.41, 5.74) is 6.35. The summed E-state index contributed by atoms with van der Waals surface area (Å²) >= 11 is 0. The van der Waals surface area contributed by atoms with Crippen molar-refractivity contribution in [1.29, 1.82) is 0 Å². The molecule has 0 aliphatic rings. The number of nitrogens with two attached hydrogens (primary N) is 1. The smallest absolute Gasteiger partial charge is 0.397 e. The average Bonchev–Trinajstić information content (AvgIpc) is 2.68. The van der Waals surface area contributed by atoms with E-state index in [9.17, 15) is 9.59 Å². The summed E-state index contributed by atoms with van der Waals surface area (Å²) in [4.78, 5) is 26.3. The summed E-state index contributed by atoms with van der Waals surface area (Å²) in [7, 11) is 0. The van der Waals surface area contributed by atoms with Crippen molar-refractivity contribution in [3.8, 4) is 0 Å². The number of ether oxygens (including phenoxy) is 2. The highest BCUT2D eigenvalue weighted by molar-refractivity contribution is 5.71. The van der Waals surface area contributed by atoms with Crippen molar-refractivity contribution in [3.63, 3.8) is 0 Å². The SMILES string of the molecule is CCCN(CCC)C(=O)OC(OC(N)=O)(c1ccccc1)c1ccccc1. The molecule has 0 aromatic heterocycles. The zero-order valence-electron chi connectivity index (χ0n) is 15.8. The van der Waals surface area contributed by atoms with Gasteiger partial charge in [-0.1, -0.05) is 74.5 Å². The fraction of sp³-hybridized carbons (Fsp3) is 0.333. The molecule has 6 heteroatoms. The minimum absolute atomic E-state index is 0.497. The third-order valence-electron chi connectivity index (χ3n) is 4.03. The van der Waals surface area contributed by atoms with Crippen LogP contribution in [-0.4, -0.2) is 30.2 Å². The van der Waals surface area contributed by atoms with Gasteiger partial charge in [0.15, 0.2) is 0 Å². The van der Waals surface area contributed by atoms with E-state index in [0.29, 0.717) is 24.2 Å². The van der Waals surface area contributed by atoms with Gasteiger partial charge in [0.1, 0.15) is 0 Å². The summed E-state index contributed by atoms with van der Waals surface area (Å²) in [5, 5.41) is 0. The lowest BCUT2D eigenvalue weighted by molar-refractivity contribution is -0.144. The van der Waals surface area contributed by atoms with Gasteiger partial charge in [0.25, 0.3) is 0 Å². The van der Waals surface area contributed by atoms with Gasteiger partial charge < -0.3 is 20.1 Å². The van der Waals surface area contributed by atoms with E-state index in [2.05, 4.69) is 0 Å². The molecule has 144 valence electrons. The summed E-state index contributed by atoms with van der Waals surface area (Å²) < 4.78 is 11.3. The lowest BCUT2D eigenvalue weighted by Gasteiger charge is -2.35. The minimum atomic E-state index is -1.76. The van der Waals surface area contributed by atoms with Crippen LogP contribution in [0.25, 0.3) is 0 Å². The van der Waals surface area contributed by atoms with Crippen LogP contribution in [0.2, 0.25) is 0 Å². The van der Waals surface area contributed by atoms with Crippen LogP contribution in [0.5, 0.6) is 0 Å². The number of primary amides is 1. The molecule has 0 aliphatic carbocycles. The fourth-order valence-corrected chi connectivity index (χ4v) is 2.90. The molecule has 2 rings (SSSR count). The number of benzene rings is 2. The van der Waals surface area contributed by atoms with Gasteiger partial charge in [-0.05, 0) is 12.8 Å². The summed E-state index contributed by atoms with van der Waals surface area (Å²) in [6.45, 7) is 5.06. The first-order chi connectivity index (χ1) is 13.0. The highest BCUT2D eigenvalue weighted by Gasteiger charge is 2.43. The highest BCUT2D eigenvalue weighted by atomic mass is 16.7. The van der Waals surface area contributed by atoms with Crippen LogP contribution in [0.4, 0.5) is 9.59 Å². The zero-order valence-corrected chi connectivity index (χ0v) is 15.8. The second-order valence-electron chi connectivity index (χ2n) is 6.12. The van der Waals surface area contributed by atoms with Crippen molar-refractivity contribution >= 4 is 12.2 Å². The van der Waals surface area contributed by atoms with Crippen molar-refractivity contribution in [2.24, 2.45) is 5.73 Å². The number of hydrogen-bond acceptors (Lipinski definition) is 4. The highest BCUT2D eigenvalue weighted by Crippen LogP contribution is 2.36. The summed E-state index contributed by atoms with van der Waals surface area (Å²) in [6.07, 6.45) is -0.0223. The molecule has 0 atom stereocenters. The third kappa shape index (κ3) is 5.00. The maximum absolute atomic E-state index is 12.9. The van der Waals surface area contributed by atoms with Crippen molar-refractivity contribution < 1.29 is 19.1 Å². The van der Waals surface area contributed by atoms with E-state index >= 15 is 0 Å². The van der Waals surface area contributed by atoms with Gasteiger partial charge in [0.05, 0.1) is 0 Å². The first kappa shape index (κ1) is 20.3. The molecule has 27 heavy (non-hydrogen) atoms. The van der Waals surface area contributed by atoms with Crippen LogP contribution in [0.3, 0.4) is 0 Å². The Bertz CT molecular complexity index is 689. The molecule has 0 unspecified atom stereocenters. The Morgan fingerprint density at radius 3 is 1.67 bits per heavy atom. The van der Waals surface area contributed by atoms with Gasteiger partial charge in [-0.15, -0.1) is 0 Å². The van der Waals surface area contributed by atoms with E-state index in [1.807, 2.05) is 26.0 Å². The van der Waals surface area contributed by atoms with Crippen LogP contribution in [0, 0.1) is 0 Å². The van der Waals surface area contributed by atoms with Crippen LogP contribution >= 0.6 is 0 Å². The molecule has 2 aromatic rings. The molecule has 0 fully saturated rings. The van der Waals surface area contributed by atoms with E-state index < -0.39 is 18.0 Å². The van der Waals surface area contributed by atoms with Gasteiger partial charge in [0.2, 0.25) is 0 Å². The first-order valence-electron chi connectivity index (χ1n) is 9.11. The maximum Gasteiger partial charge on any atom is 0.413 e. The Morgan fingerprint density at radius 1 is 0.852 bits per heavy atom. The normalized spacial score (nSPS) is 10.9. The monoisotopic (exact) mass is 370 g/mol. The first-order valence-corrected chi connectivity index (χ1v) is 9.11. The van der Waals surface area contributed by atoms with Crippen molar-refractivity contribution in [2.45, 2.75) is 32.5 Å². The Hall–Kier alpha value is -3.02. The second kappa shape index (κ2) is 9.62. The van der Waals surface area contributed by atoms with Crippen LogP contribution in [-0.2, 0) is 15.3 Å². The van der Waals surface area contributed by atoms with Crippen LogP contribution in [0.15, 0.2) is 60.7 Å². The topological polar surface area (TPSA) is 81.9 Å². The summed E-state index contributed by atoms with van der Waals surface area (Å²) in [6, 6.07) is 17.7. The average molecular weight is 370 g/mol. The van der Waals surface area contributed by atoms with Gasteiger partial charge in [-0.2, -0.15) is 0 Å². The van der Waals surface area contributed by atoms with Gasteiger partial charge >= 0.3 is 18.0 Å². The second-order valence-corrected chi connectivity index (χ2v) is 6.12. The molecule has 6 nitrogen and oxygen atoms in total. The van der Waals surface area contributed by atoms with Crippen molar-refractivity contribution in [2.75, 3.05) is 13.1 Å². The number of carbonyl (C=O) groups is 2. The predicted octanol–water partition coefficient (Wildman–Crippen LogP) is 4.24. The quantitative estimate of drug-likeness (QED) is 0.705. The third-order valence-corrected chi connectivity index (χ3v) is 4.03. The molecule has 0 aliphatic heterocycles. The molecule has 2 amide bonds. The van der Waals surface area contributed by atoms with Gasteiger partial charge in [-0.3, -0.25) is 0 Å². The predicted molar refractivity (Wildman–Crippen MR) is 103 cm³/mol. The Morgan fingerprint density at radius 2 is 1.30 bits per heavy atom. The lowest BCUT2D eigenvalue weighted by atomic mass is 9.97. The molecule has 2 N–H and O–H groups in total. The molecule has 2 aromatic carbocycles. The van der Waals surface area contributed by atoms with Crippen molar-refractivity contribution in [3.05, 3.63) is 71.8 Å². The molecular formula is C21H26N2O4. The van der Waals surface area contributed by atoms with Crippen LogP contribution < -0.4 is 5.73 Å². The molecule has 0 bridgehead atoms. The number of amides is 2.